The van der Waals surface area contributed by atoms with Gasteiger partial charge in [-0.25, -0.2) is 4.98 Å². The fraction of sp³-hybridized carbons (Fsp3) is 0.692. The molecule has 18 heavy (non-hydrogen) atoms. The van der Waals surface area contributed by atoms with Gasteiger partial charge >= 0.3 is 0 Å². The Morgan fingerprint density at radius 3 is 2.94 bits per heavy atom. The lowest BCUT2D eigenvalue weighted by Gasteiger charge is -2.20. The monoisotopic (exact) mass is 250 g/mol. The van der Waals surface area contributed by atoms with E-state index in [4.69, 9.17) is 0 Å². The van der Waals surface area contributed by atoms with Gasteiger partial charge in [-0.3, -0.25) is 4.79 Å². The number of rotatable bonds is 4. The highest BCUT2D eigenvalue weighted by molar-refractivity contribution is 5.80. The van der Waals surface area contributed by atoms with Crippen LogP contribution in [0.25, 0.3) is 0 Å². The highest BCUT2D eigenvalue weighted by atomic mass is 16.2. The fourth-order valence-corrected chi connectivity index (χ4v) is 2.38. The lowest BCUT2D eigenvalue weighted by Crippen LogP contribution is -2.36. The zero-order valence-corrected chi connectivity index (χ0v) is 11.3. The molecule has 0 aromatic carbocycles. The molecule has 0 aliphatic carbocycles. The summed E-state index contributed by atoms with van der Waals surface area (Å²) < 4.78 is 1.97. The molecule has 5 heteroatoms. The van der Waals surface area contributed by atoms with Crippen LogP contribution in [-0.2, 0) is 4.79 Å². The number of nitrogens with one attached hydrogen (secondary N) is 2. The van der Waals surface area contributed by atoms with Crippen LogP contribution in [-0.4, -0.2) is 28.0 Å². The molecule has 1 saturated heterocycles. The van der Waals surface area contributed by atoms with Gasteiger partial charge in [0, 0.05) is 18.3 Å². The molecule has 1 aromatic rings. The van der Waals surface area contributed by atoms with Crippen LogP contribution in [0.4, 0.5) is 0 Å². The number of aromatic nitrogens is 2. The molecular formula is C13H22N4O. The lowest BCUT2D eigenvalue weighted by atomic mass is 10.1. The van der Waals surface area contributed by atoms with E-state index in [0.717, 1.165) is 18.7 Å². The van der Waals surface area contributed by atoms with Crippen molar-refractivity contribution in [3.8, 4) is 0 Å². The van der Waals surface area contributed by atoms with Gasteiger partial charge in [0.1, 0.15) is 6.04 Å². The summed E-state index contributed by atoms with van der Waals surface area (Å²) in [6.45, 7) is 6.90. The summed E-state index contributed by atoms with van der Waals surface area (Å²) in [6, 6.07) is 0.283. The predicted molar refractivity (Wildman–Crippen MR) is 70.2 cm³/mol. The first-order valence-electron chi connectivity index (χ1n) is 6.65. The minimum Gasteiger partial charge on any atom is -0.352 e. The van der Waals surface area contributed by atoms with E-state index >= 15 is 0 Å². The van der Waals surface area contributed by atoms with Gasteiger partial charge in [-0.05, 0) is 40.2 Å². The van der Waals surface area contributed by atoms with Crippen LogP contribution in [0.2, 0.25) is 0 Å². The van der Waals surface area contributed by atoms with E-state index < -0.39 is 0 Å². The van der Waals surface area contributed by atoms with E-state index in [0.29, 0.717) is 6.04 Å². The average Bonchev–Trinajstić information content (AvgIpc) is 2.97. The van der Waals surface area contributed by atoms with Crippen molar-refractivity contribution in [2.45, 2.75) is 51.7 Å². The van der Waals surface area contributed by atoms with Gasteiger partial charge in [0.05, 0.1) is 12.0 Å². The summed E-state index contributed by atoms with van der Waals surface area (Å²) in [5, 5.41) is 6.38. The summed E-state index contributed by atoms with van der Waals surface area (Å²) in [4.78, 5) is 16.2. The number of carbonyl (C=O) groups is 1. The van der Waals surface area contributed by atoms with Crippen molar-refractivity contribution in [2.24, 2.45) is 0 Å². The Morgan fingerprint density at radius 2 is 2.33 bits per heavy atom. The molecule has 0 bridgehead atoms. The van der Waals surface area contributed by atoms with Gasteiger partial charge in [-0.1, -0.05) is 0 Å². The second kappa shape index (κ2) is 5.52. The van der Waals surface area contributed by atoms with Crippen molar-refractivity contribution in [3.63, 3.8) is 0 Å². The number of carbonyl (C=O) groups excluding carboxylic acids is 1. The maximum Gasteiger partial charge on any atom is 0.243 e. The van der Waals surface area contributed by atoms with Crippen molar-refractivity contribution in [1.82, 2.24) is 20.2 Å². The Morgan fingerprint density at radius 1 is 1.56 bits per heavy atom. The second-order valence-corrected chi connectivity index (χ2v) is 5.21. The average molecular weight is 250 g/mol. The number of nitrogens with zero attached hydrogens (tertiary/aromatic N) is 2. The van der Waals surface area contributed by atoms with Crippen LogP contribution in [0.5, 0.6) is 0 Å². The molecular weight excluding hydrogens is 228 g/mol. The minimum absolute atomic E-state index is 0.0437. The summed E-state index contributed by atoms with van der Waals surface area (Å²) in [7, 11) is 0. The quantitative estimate of drug-likeness (QED) is 0.849. The third-order valence-corrected chi connectivity index (χ3v) is 3.34. The van der Waals surface area contributed by atoms with Crippen LogP contribution in [0.3, 0.4) is 0 Å². The van der Waals surface area contributed by atoms with Gasteiger partial charge in [0.2, 0.25) is 5.91 Å². The van der Waals surface area contributed by atoms with Crippen molar-refractivity contribution in [2.75, 3.05) is 6.54 Å². The van der Waals surface area contributed by atoms with E-state index in [2.05, 4.69) is 15.6 Å². The van der Waals surface area contributed by atoms with Crippen LogP contribution in [0, 0.1) is 0 Å². The van der Waals surface area contributed by atoms with E-state index in [1.54, 1.807) is 6.33 Å². The molecule has 2 rings (SSSR count). The van der Waals surface area contributed by atoms with Gasteiger partial charge < -0.3 is 15.2 Å². The predicted octanol–water partition coefficient (Wildman–Crippen LogP) is 1.39. The summed E-state index contributed by atoms with van der Waals surface area (Å²) in [5.41, 5.74) is 1.11. The highest BCUT2D eigenvalue weighted by Gasteiger charge is 2.24. The molecule has 0 spiro atoms. The first-order chi connectivity index (χ1) is 8.59. The normalized spacial score (nSPS) is 21.2. The standard InChI is InChI=1S/C13H22N4O/c1-9(2)16-13(18)10(3)17-8-14-7-12(17)11-5-4-6-15-11/h7-11,15H,4-6H2,1-3H3,(H,16,18). The first-order valence-corrected chi connectivity index (χ1v) is 6.65. The number of amides is 1. The first kappa shape index (κ1) is 13.1. The van der Waals surface area contributed by atoms with Crippen molar-refractivity contribution >= 4 is 5.91 Å². The molecule has 2 atom stereocenters. The summed E-state index contributed by atoms with van der Waals surface area (Å²) in [6.07, 6.45) is 5.91. The smallest absolute Gasteiger partial charge is 0.243 e. The Hall–Kier alpha value is -1.36. The van der Waals surface area contributed by atoms with Crippen LogP contribution in [0.15, 0.2) is 12.5 Å². The van der Waals surface area contributed by atoms with Crippen LogP contribution < -0.4 is 10.6 Å². The number of imidazole rings is 1. The molecule has 1 aliphatic heterocycles. The zero-order valence-electron chi connectivity index (χ0n) is 11.3. The van der Waals surface area contributed by atoms with Crippen molar-refractivity contribution in [3.05, 3.63) is 18.2 Å². The molecule has 100 valence electrons. The van der Waals surface area contributed by atoms with Crippen LogP contribution in [0.1, 0.15) is 51.4 Å². The van der Waals surface area contributed by atoms with Crippen molar-refractivity contribution in [1.29, 1.82) is 0 Å². The Labute approximate surface area is 108 Å². The molecule has 1 aliphatic rings. The molecule has 1 amide bonds. The highest BCUT2D eigenvalue weighted by Crippen LogP contribution is 2.24. The molecule has 0 radical (unpaired) electrons. The second-order valence-electron chi connectivity index (χ2n) is 5.21. The summed E-state index contributed by atoms with van der Waals surface area (Å²) in [5.74, 6) is 0.0437. The number of hydrogen-bond acceptors (Lipinski definition) is 3. The van der Waals surface area contributed by atoms with Crippen LogP contribution >= 0.6 is 0 Å². The molecule has 2 unspecified atom stereocenters. The SMILES string of the molecule is CC(C)NC(=O)C(C)n1cncc1C1CCCN1. The lowest BCUT2D eigenvalue weighted by molar-refractivity contribution is -0.124. The topological polar surface area (TPSA) is 59.0 Å². The maximum atomic E-state index is 12.0. The van der Waals surface area contributed by atoms with Gasteiger partial charge in [-0.2, -0.15) is 0 Å². The third-order valence-electron chi connectivity index (χ3n) is 3.34. The fourth-order valence-electron chi connectivity index (χ4n) is 2.38. The van der Waals surface area contributed by atoms with E-state index in [9.17, 15) is 4.79 Å². The number of hydrogen-bond donors (Lipinski definition) is 2. The molecule has 5 nitrogen and oxygen atoms in total. The van der Waals surface area contributed by atoms with Gasteiger partial charge in [0.15, 0.2) is 0 Å². The van der Waals surface area contributed by atoms with Gasteiger partial charge in [-0.15, -0.1) is 0 Å². The largest absolute Gasteiger partial charge is 0.352 e. The van der Waals surface area contributed by atoms with E-state index in [1.165, 1.54) is 6.42 Å². The molecule has 0 saturated carbocycles. The maximum absolute atomic E-state index is 12.0. The third kappa shape index (κ3) is 2.72. The van der Waals surface area contributed by atoms with Gasteiger partial charge in [0.25, 0.3) is 0 Å². The summed E-state index contributed by atoms with van der Waals surface area (Å²) >= 11 is 0. The Bertz CT molecular complexity index is 407. The van der Waals surface area contributed by atoms with E-state index in [-0.39, 0.29) is 18.0 Å². The molecule has 2 heterocycles. The molecule has 2 N–H and O–H groups in total. The zero-order chi connectivity index (χ0) is 13.1. The Kier molecular flexibility index (Phi) is 4.01. The Balaban J connectivity index is 2.12. The van der Waals surface area contributed by atoms with E-state index in [1.807, 2.05) is 31.5 Å². The molecule has 1 aromatic heterocycles. The van der Waals surface area contributed by atoms with Crippen molar-refractivity contribution < 1.29 is 4.79 Å². The minimum atomic E-state index is -0.215. The molecule has 1 fully saturated rings.